The summed E-state index contributed by atoms with van der Waals surface area (Å²) in [6.45, 7) is 4.86. The smallest absolute Gasteiger partial charge is 0.435 e. The zero-order chi connectivity index (χ0) is 26.9. The molecule has 0 aliphatic carbocycles. The van der Waals surface area contributed by atoms with Crippen LogP contribution in [0, 0.1) is 0 Å². The number of nitrogens with one attached hydrogen (secondary N) is 1. The maximum absolute atomic E-state index is 12.9. The van der Waals surface area contributed by atoms with Gasteiger partial charge in [-0.05, 0) is 48.7 Å². The SMILES string of the molecule is CCCCOC(=O)NN(C(=O)OCCCC)c1ccc2c(cc(-c3nnco3)n2Cc2cccc(Cl)c2)n1. The van der Waals surface area contributed by atoms with E-state index < -0.39 is 12.2 Å². The van der Waals surface area contributed by atoms with Crippen molar-refractivity contribution < 1.29 is 23.5 Å². The van der Waals surface area contributed by atoms with Crippen LogP contribution in [-0.4, -0.2) is 45.1 Å². The summed E-state index contributed by atoms with van der Waals surface area (Å²) in [5.74, 6) is 0.462. The molecule has 0 saturated carbocycles. The third-order valence-electron chi connectivity index (χ3n) is 5.62. The Bertz CT molecular complexity index is 1370. The lowest BCUT2D eigenvalue weighted by Crippen LogP contribution is -2.47. The molecule has 0 radical (unpaired) electrons. The number of rotatable bonds is 10. The highest BCUT2D eigenvalue weighted by Crippen LogP contribution is 2.29. The van der Waals surface area contributed by atoms with Gasteiger partial charge >= 0.3 is 12.2 Å². The molecular weight excluding hydrogens is 512 g/mol. The molecule has 4 rings (SSSR count). The average molecular weight is 541 g/mol. The normalized spacial score (nSPS) is 10.9. The van der Waals surface area contributed by atoms with E-state index in [0.29, 0.717) is 41.5 Å². The highest BCUT2D eigenvalue weighted by atomic mass is 35.5. The van der Waals surface area contributed by atoms with Gasteiger partial charge in [-0.1, -0.05) is 50.4 Å². The van der Waals surface area contributed by atoms with Crippen LogP contribution in [0.5, 0.6) is 0 Å². The van der Waals surface area contributed by atoms with Crippen molar-refractivity contribution in [2.75, 3.05) is 18.2 Å². The van der Waals surface area contributed by atoms with E-state index in [0.717, 1.165) is 28.9 Å². The molecule has 0 bridgehead atoms. The lowest BCUT2D eigenvalue weighted by atomic mass is 10.2. The van der Waals surface area contributed by atoms with Crippen molar-refractivity contribution in [2.45, 2.75) is 46.1 Å². The van der Waals surface area contributed by atoms with E-state index in [1.165, 1.54) is 6.39 Å². The summed E-state index contributed by atoms with van der Waals surface area (Å²) in [5, 5.41) is 9.42. The van der Waals surface area contributed by atoms with E-state index in [-0.39, 0.29) is 19.0 Å². The van der Waals surface area contributed by atoms with Gasteiger partial charge in [-0.2, -0.15) is 5.01 Å². The van der Waals surface area contributed by atoms with Crippen molar-refractivity contribution in [3.05, 3.63) is 59.4 Å². The molecule has 1 N–H and O–H groups in total. The molecule has 2 amide bonds. The Kier molecular flexibility index (Phi) is 9.15. The number of halogens is 1. The van der Waals surface area contributed by atoms with Crippen molar-refractivity contribution >= 4 is 40.6 Å². The first-order valence-corrected chi connectivity index (χ1v) is 12.8. The lowest BCUT2D eigenvalue weighted by molar-refractivity contribution is 0.131. The molecule has 1 aromatic carbocycles. The molecule has 0 fully saturated rings. The van der Waals surface area contributed by atoms with Crippen molar-refractivity contribution in [1.29, 1.82) is 0 Å². The highest BCUT2D eigenvalue weighted by molar-refractivity contribution is 6.30. The Morgan fingerprint density at radius 1 is 1.08 bits per heavy atom. The third-order valence-corrected chi connectivity index (χ3v) is 5.86. The van der Waals surface area contributed by atoms with Gasteiger partial charge in [0.15, 0.2) is 5.82 Å². The number of hydrogen-bond acceptors (Lipinski definition) is 8. The van der Waals surface area contributed by atoms with E-state index in [4.69, 9.17) is 25.5 Å². The molecule has 0 saturated heterocycles. The van der Waals surface area contributed by atoms with Gasteiger partial charge in [0.05, 0.1) is 24.2 Å². The molecule has 0 unspecified atom stereocenters. The van der Waals surface area contributed by atoms with Crippen LogP contribution in [0.2, 0.25) is 5.02 Å². The van der Waals surface area contributed by atoms with Crippen LogP contribution >= 0.6 is 11.6 Å². The minimum Gasteiger partial charge on any atom is -0.448 e. The van der Waals surface area contributed by atoms with Gasteiger partial charge in [-0.15, -0.1) is 10.2 Å². The number of anilines is 1. The molecule has 0 aliphatic heterocycles. The second-order valence-electron chi connectivity index (χ2n) is 8.47. The number of hydrogen-bond donors (Lipinski definition) is 1. The molecule has 11 nitrogen and oxygen atoms in total. The minimum atomic E-state index is -0.780. The number of benzene rings is 1. The Labute approximate surface area is 224 Å². The number of ether oxygens (including phenoxy) is 2. The maximum atomic E-state index is 12.9. The number of aromatic nitrogens is 4. The van der Waals surface area contributed by atoms with Crippen molar-refractivity contribution in [2.24, 2.45) is 0 Å². The topological polar surface area (TPSA) is 125 Å². The maximum Gasteiger partial charge on any atom is 0.435 e. The zero-order valence-corrected chi connectivity index (χ0v) is 22.0. The Hall–Kier alpha value is -4.12. The summed E-state index contributed by atoms with van der Waals surface area (Å²) in [6, 6.07) is 12.7. The molecule has 0 spiro atoms. The summed E-state index contributed by atoms with van der Waals surface area (Å²) in [4.78, 5) is 29.9. The summed E-state index contributed by atoms with van der Waals surface area (Å²) < 4.78 is 17.9. The molecule has 200 valence electrons. The number of pyridine rings is 1. The van der Waals surface area contributed by atoms with Crippen molar-refractivity contribution in [1.82, 2.24) is 25.2 Å². The van der Waals surface area contributed by atoms with E-state index in [2.05, 4.69) is 20.6 Å². The standard InChI is InChI=1S/C26H29ClN6O5/c1-3-5-12-36-25(34)31-33(26(35)37-13-6-4-2)23-11-10-21-20(29-23)15-22(24-30-28-17-38-24)32(21)16-18-8-7-9-19(27)14-18/h7-11,14-15,17H,3-6,12-13,16H2,1-2H3,(H,31,34). The fourth-order valence-electron chi connectivity index (χ4n) is 3.70. The number of unbranched alkanes of at least 4 members (excludes halogenated alkanes) is 2. The molecule has 3 heterocycles. The van der Waals surface area contributed by atoms with Crippen LogP contribution in [0.1, 0.15) is 45.1 Å². The highest BCUT2D eigenvalue weighted by Gasteiger charge is 2.24. The fourth-order valence-corrected chi connectivity index (χ4v) is 3.91. The average Bonchev–Trinajstić information content (AvgIpc) is 3.56. The zero-order valence-electron chi connectivity index (χ0n) is 21.2. The molecule has 12 heteroatoms. The molecule has 0 aliphatic rings. The second-order valence-corrected chi connectivity index (χ2v) is 8.90. The molecular formula is C26H29ClN6O5. The van der Waals surface area contributed by atoms with Crippen LogP contribution in [0.3, 0.4) is 0 Å². The molecule has 4 aromatic rings. The van der Waals surface area contributed by atoms with Crippen LogP contribution in [0.25, 0.3) is 22.6 Å². The summed E-state index contributed by atoms with van der Waals surface area (Å²) in [6.07, 6.45) is 2.80. The van der Waals surface area contributed by atoms with Crippen LogP contribution < -0.4 is 10.4 Å². The Balaban J connectivity index is 1.70. The molecule has 0 atom stereocenters. The second kappa shape index (κ2) is 12.9. The van der Waals surface area contributed by atoms with Crippen LogP contribution in [0.4, 0.5) is 15.4 Å². The fraction of sp³-hybridized carbons (Fsp3) is 0.346. The Morgan fingerprint density at radius 2 is 1.87 bits per heavy atom. The summed E-state index contributed by atoms with van der Waals surface area (Å²) in [7, 11) is 0. The number of nitrogens with zero attached hydrogens (tertiary/aromatic N) is 5. The van der Waals surface area contributed by atoms with Crippen LogP contribution in [-0.2, 0) is 16.0 Å². The summed E-state index contributed by atoms with van der Waals surface area (Å²) in [5.41, 5.74) is 5.31. The van der Waals surface area contributed by atoms with Gasteiger partial charge in [0.25, 0.3) is 5.89 Å². The van der Waals surface area contributed by atoms with Gasteiger partial charge in [-0.25, -0.2) is 20.0 Å². The van der Waals surface area contributed by atoms with Gasteiger partial charge in [-0.3, -0.25) is 0 Å². The van der Waals surface area contributed by atoms with E-state index in [1.807, 2.05) is 36.6 Å². The van der Waals surface area contributed by atoms with Gasteiger partial charge < -0.3 is 18.5 Å². The predicted octanol–water partition coefficient (Wildman–Crippen LogP) is 5.97. The number of hydrazine groups is 1. The van der Waals surface area contributed by atoms with E-state index >= 15 is 0 Å². The third kappa shape index (κ3) is 6.60. The predicted molar refractivity (Wildman–Crippen MR) is 142 cm³/mol. The molecule has 3 aromatic heterocycles. The monoisotopic (exact) mass is 540 g/mol. The molecule has 38 heavy (non-hydrogen) atoms. The van der Waals surface area contributed by atoms with Crippen molar-refractivity contribution in [3.63, 3.8) is 0 Å². The first-order valence-electron chi connectivity index (χ1n) is 12.4. The number of amides is 2. The van der Waals surface area contributed by atoms with E-state index in [9.17, 15) is 9.59 Å². The van der Waals surface area contributed by atoms with Crippen LogP contribution in [0.15, 0.2) is 53.3 Å². The largest absolute Gasteiger partial charge is 0.448 e. The lowest BCUT2D eigenvalue weighted by Gasteiger charge is -2.21. The number of carbonyl (C=O) groups is 2. The Morgan fingerprint density at radius 3 is 2.58 bits per heavy atom. The number of fused-ring (bicyclic) bond motifs is 1. The van der Waals surface area contributed by atoms with Crippen molar-refractivity contribution in [3.8, 4) is 11.6 Å². The minimum absolute atomic E-state index is 0.156. The van der Waals surface area contributed by atoms with E-state index in [1.54, 1.807) is 24.3 Å². The quantitative estimate of drug-likeness (QED) is 0.192. The van der Waals surface area contributed by atoms with Gasteiger partial charge in [0.1, 0.15) is 5.69 Å². The number of carbonyl (C=O) groups excluding carboxylic acids is 2. The first kappa shape index (κ1) is 26.9. The van der Waals surface area contributed by atoms with Gasteiger partial charge in [0, 0.05) is 11.6 Å². The summed E-state index contributed by atoms with van der Waals surface area (Å²) >= 11 is 6.20. The first-order chi connectivity index (χ1) is 18.5. The van der Waals surface area contributed by atoms with Gasteiger partial charge in [0.2, 0.25) is 6.39 Å².